The van der Waals surface area contributed by atoms with Gasteiger partial charge in [0, 0.05) is 46.7 Å². The summed E-state index contributed by atoms with van der Waals surface area (Å²) >= 11 is 6.33. The van der Waals surface area contributed by atoms with Gasteiger partial charge in [-0.2, -0.15) is 0 Å². The van der Waals surface area contributed by atoms with Gasteiger partial charge in [0.2, 0.25) is 5.91 Å². The van der Waals surface area contributed by atoms with Crippen LogP contribution < -0.4 is 29.6 Å². The van der Waals surface area contributed by atoms with Crippen LogP contribution in [0.5, 0.6) is 23.1 Å². The zero-order chi connectivity index (χ0) is 45.7. The zero-order valence-electron chi connectivity index (χ0n) is 38.1. The van der Waals surface area contributed by atoms with Crippen LogP contribution in [0.1, 0.15) is 106 Å². The molecule has 346 valence electrons. The molecule has 3 heterocycles. The first kappa shape index (κ1) is 45.4. The summed E-state index contributed by atoms with van der Waals surface area (Å²) in [4.78, 5) is 35.4. The van der Waals surface area contributed by atoms with Crippen molar-refractivity contribution < 1.29 is 33.6 Å². The van der Waals surface area contributed by atoms with E-state index in [-0.39, 0.29) is 17.2 Å². The number of carboxylic acids is 1. The minimum absolute atomic E-state index is 0.00839. The quantitative estimate of drug-likeness (QED) is 0.0772. The SMILES string of the molecule is C[C@@H](COc1ccnc2c1[C@H](C)CCC2)C[C@H]1Cc2ccc(OCCCC(=O)NCCc3cccc(-c4ccc5c(n4)OCCO5)c3)cc2C12CCC(Nc1cccc(Cl)c1)(C(=O)O)CC2. The summed E-state index contributed by atoms with van der Waals surface area (Å²) < 4.78 is 24.3. The molecule has 0 radical (unpaired) electrons. The van der Waals surface area contributed by atoms with Gasteiger partial charge in [-0.3, -0.25) is 9.78 Å². The molecule has 5 aromatic rings. The first-order valence-electron chi connectivity index (χ1n) is 23.8. The zero-order valence-corrected chi connectivity index (χ0v) is 38.8. The minimum atomic E-state index is -1.11. The molecule has 1 fully saturated rings. The molecule has 4 aliphatic rings. The molecule has 3 N–H and O–H groups in total. The molecule has 3 aromatic carbocycles. The van der Waals surface area contributed by atoms with E-state index in [1.54, 1.807) is 12.1 Å². The second-order valence-electron chi connectivity index (χ2n) is 19.0. The van der Waals surface area contributed by atoms with Gasteiger partial charge < -0.3 is 34.7 Å². The fourth-order valence-electron chi connectivity index (χ4n) is 11.0. The Hall–Kier alpha value is -5.81. The maximum atomic E-state index is 13.1. The Morgan fingerprint density at radius 1 is 0.970 bits per heavy atom. The van der Waals surface area contributed by atoms with E-state index in [9.17, 15) is 14.7 Å². The predicted octanol–water partition coefficient (Wildman–Crippen LogP) is 10.6. The van der Waals surface area contributed by atoms with E-state index in [1.165, 1.54) is 22.4 Å². The monoisotopic (exact) mass is 912 g/mol. The number of pyridine rings is 2. The lowest BCUT2D eigenvalue weighted by atomic mass is 9.59. The normalized spacial score (nSPS) is 22.2. The summed E-state index contributed by atoms with van der Waals surface area (Å²) in [6.07, 6.45) is 11.1. The van der Waals surface area contributed by atoms with Crippen LogP contribution in [0.15, 0.2) is 91.1 Å². The third-order valence-corrected chi connectivity index (χ3v) is 14.7. The molecule has 2 aromatic heterocycles. The smallest absolute Gasteiger partial charge is 0.329 e. The van der Waals surface area contributed by atoms with Crippen LogP contribution in [0.3, 0.4) is 0 Å². The molecule has 0 bridgehead atoms. The highest BCUT2D eigenvalue weighted by Gasteiger charge is 2.54. The molecule has 1 aliphatic heterocycles. The number of carboxylic acid groups (broad SMARTS) is 1. The van der Waals surface area contributed by atoms with Crippen molar-refractivity contribution in [2.24, 2.45) is 11.8 Å². The van der Waals surface area contributed by atoms with E-state index in [4.69, 9.17) is 30.5 Å². The number of ether oxygens (including phenoxy) is 4. The predicted molar refractivity (Wildman–Crippen MR) is 256 cm³/mol. The molecule has 3 atom stereocenters. The number of anilines is 1. The standard InChI is InChI=1S/C54H61ClN4O7/c1-35(34-66-47-19-25-56-46-12-3-7-36(2)50(46)47)29-40-31-38-14-15-43(33-44(38)53(40)20-22-54(23-21-53,52(61)62)59-42-11-5-10-41(55)32-42)63-26-6-13-49(60)57-24-18-37-8-4-9-39(30-37)45-16-17-48-51(58-45)65-28-27-64-48/h4-5,8-11,14-17,19,25,30,32-33,35-36,40,59H,3,6-7,12-13,18,20-24,26-29,31,34H2,1-2H3,(H,57,60)(H,61,62)/t35-,36-,40+,53?,54?/m1/s1. The van der Waals surface area contributed by atoms with Gasteiger partial charge in [0.1, 0.15) is 30.3 Å². The Morgan fingerprint density at radius 3 is 2.67 bits per heavy atom. The van der Waals surface area contributed by atoms with E-state index in [0.29, 0.717) is 99.3 Å². The second-order valence-corrected chi connectivity index (χ2v) is 19.4. The third-order valence-electron chi connectivity index (χ3n) is 14.4. The van der Waals surface area contributed by atoms with E-state index >= 15 is 0 Å². The van der Waals surface area contributed by atoms with Crippen molar-refractivity contribution in [2.45, 2.75) is 108 Å². The number of nitrogens with one attached hydrogen (secondary N) is 2. The number of aryl methyl sites for hydroxylation is 1. The Labute approximate surface area is 393 Å². The molecule has 0 saturated heterocycles. The fourth-order valence-corrected chi connectivity index (χ4v) is 11.2. The Kier molecular flexibility index (Phi) is 13.7. The maximum Gasteiger partial charge on any atom is 0.329 e. The molecule has 1 spiro atoms. The topological polar surface area (TPSA) is 141 Å². The number of aliphatic carboxylic acids is 1. The van der Waals surface area contributed by atoms with Crippen LogP contribution in [0.2, 0.25) is 5.02 Å². The van der Waals surface area contributed by atoms with E-state index < -0.39 is 11.5 Å². The highest BCUT2D eigenvalue weighted by Crippen LogP contribution is 2.57. The third kappa shape index (κ3) is 9.97. The molecule has 0 unspecified atom stereocenters. The van der Waals surface area contributed by atoms with Crippen LogP contribution in [-0.2, 0) is 34.3 Å². The van der Waals surface area contributed by atoms with Gasteiger partial charge in [0.15, 0.2) is 5.75 Å². The van der Waals surface area contributed by atoms with Crippen molar-refractivity contribution in [3.63, 3.8) is 0 Å². The molecule has 1 amide bonds. The Balaban J connectivity index is 0.825. The maximum absolute atomic E-state index is 13.1. The van der Waals surface area contributed by atoms with Gasteiger partial charge in [-0.25, -0.2) is 9.78 Å². The number of benzene rings is 3. The summed E-state index contributed by atoms with van der Waals surface area (Å²) in [6, 6.07) is 27.8. The summed E-state index contributed by atoms with van der Waals surface area (Å²) in [6.45, 7) is 7.11. The van der Waals surface area contributed by atoms with Crippen molar-refractivity contribution in [1.29, 1.82) is 0 Å². The number of hydrogen-bond acceptors (Lipinski definition) is 9. The summed E-state index contributed by atoms with van der Waals surface area (Å²) in [7, 11) is 0. The lowest BCUT2D eigenvalue weighted by molar-refractivity contribution is -0.144. The van der Waals surface area contributed by atoms with Gasteiger partial charge in [0.05, 0.1) is 18.9 Å². The highest BCUT2D eigenvalue weighted by atomic mass is 35.5. The summed E-state index contributed by atoms with van der Waals surface area (Å²) in [5.41, 5.74) is 7.29. The lowest BCUT2D eigenvalue weighted by Crippen LogP contribution is -2.53. The second kappa shape index (κ2) is 20.0. The van der Waals surface area contributed by atoms with Crippen LogP contribution in [-0.4, -0.2) is 65.5 Å². The van der Waals surface area contributed by atoms with Gasteiger partial charge in [-0.15, -0.1) is 0 Å². The highest BCUT2D eigenvalue weighted by molar-refractivity contribution is 6.30. The van der Waals surface area contributed by atoms with Crippen LogP contribution in [0.25, 0.3) is 11.3 Å². The van der Waals surface area contributed by atoms with Gasteiger partial charge in [0.25, 0.3) is 5.88 Å². The number of hydrogen-bond donors (Lipinski definition) is 3. The molecule has 3 aliphatic carbocycles. The fraction of sp³-hybridized carbons (Fsp3) is 0.444. The van der Waals surface area contributed by atoms with Crippen molar-refractivity contribution in [2.75, 3.05) is 38.3 Å². The minimum Gasteiger partial charge on any atom is -0.494 e. The van der Waals surface area contributed by atoms with Crippen molar-refractivity contribution >= 4 is 29.2 Å². The largest absolute Gasteiger partial charge is 0.494 e. The number of halogens is 1. The number of carbonyl (C=O) groups excluding carboxylic acids is 1. The van der Waals surface area contributed by atoms with Gasteiger partial charge >= 0.3 is 5.97 Å². The van der Waals surface area contributed by atoms with Gasteiger partial charge in [-0.05, 0) is 165 Å². The van der Waals surface area contributed by atoms with Gasteiger partial charge in [-0.1, -0.05) is 55.8 Å². The lowest BCUT2D eigenvalue weighted by Gasteiger charge is -2.47. The molecule has 1 saturated carbocycles. The van der Waals surface area contributed by atoms with Crippen LogP contribution in [0, 0.1) is 11.8 Å². The average Bonchev–Trinajstić information content (AvgIpc) is 3.61. The summed E-state index contributed by atoms with van der Waals surface area (Å²) in [5.74, 6) is 3.08. The molecule has 11 nitrogen and oxygen atoms in total. The van der Waals surface area contributed by atoms with Crippen LogP contribution in [0.4, 0.5) is 5.69 Å². The van der Waals surface area contributed by atoms with E-state index in [0.717, 1.165) is 73.3 Å². The van der Waals surface area contributed by atoms with Crippen LogP contribution >= 0.6 is 11.6 Å². The number of nitrogens with zero attached hydrogens (tertiary/aromatic N) is 2. The molecular formula is C54H61ClN4O7. The van der Waals surface area contributed by atoms with E-state index in [2.05, 4.69) is 64.8 Å². The molecule has 12 heteroatoms. The summed E-state index contributed by atoms with van der Waals surface area (Å²) in [5, 5.41) is 17.8. The average molecular weight is 914 g/mol. The number of aromatic nitrogens is 2. The molecule has 9 rings (SSSR count). The number of rotatable bonds is 17. The number of amides is 1. The van der Waals surface area contributed by atoms with Crippen molar-refractivity contribution in [3.8, 4) is 34.4 Å². The molecule has 66 heavy (non-hydrogen) atoms. The first-order valence-corrected chi connectivity index (χ1v) is 24.2. The molecular weight excluding hydrogens is 852 g/mol. The number of carbonyl (C=O) groups is 2. The Morgan fingerprint density at radius 2 is 1.82 bits per heavy atom. The van der Waals surface area contributed by atoms with Crippen molar-refractivity contribution in [1.82, 2.24) is 15.3 Å². The van der Waals surface area contributed by atoms with E-state index in [1.807, 2.05) is 48.7 Å². The van der Waals surface area contributed by atoms with Crippen molar-refractivity contribution in [3.05, 3.63) is 124 Å². The number of fused-ring (bicyclic) bond motifs is 4. The first-order chi connectivity index (χ1) is 32.1. The Bertz CT molecular complexity index is 2540.